The number of rotatable bonds is 5. The van der Waals surface area contributed by atoms with Gasteiger partial charge in [-0.05, 0) is 50.6 Å². The van der Waals surface area contributed by atoms with Gasteiger partial charge in [0, 0.05) is 22.8 Å². The molecule has 136 valence electrons. The summed E-state index contributed by atoms with van der Waals surface area (Å²) in [5.41, 5.74) is 2.99. The fourth-order valence-corrected chi connectivity index (χ4v) is 4.19. The van der Waals surface area contributed by atoms with Crippen LogP contribution in [0.4, 0.5) is 10.5 Å². The van der Waals surface area contributed by atoms with Crippen LogP contribution in [-0.4, -0.2) is 17.7 Å². The first-order chi connectivity index (χ1) is 12.5. The number of para-hydroxylation sites is 2. The Balaban J connectivity index is 1.80. The molecule has 2 amide bonds. The van der Waals surface area contributed by atoms with Gasteiger partial charge < -0.3 is 19.9 Å². The van der Waals surface area contributed by atoms with Gasteiger partial charge in [0.25, 0.3) is 0 Å². The predicted octanol–water partition coefficient (Wildman–Crippen LogP) is 5.05. The van der Waals surface area contributed by atoms with E-state index >= 15 is 0 Å². The molecule has 0 radical (unpaired) electrons. The summed E-state index contributed by atoms with van der Waals surface area (Å²) in [4.78, 5) is 13.8. The number of ether oxygens (including phenoxy) is 1. The van der Waals surface area contributed by atoms with Crippen molar-refractivity contribution in [3.63, 3.8) is 0 Å². The Morgan fingerprint density at radius 1 is 1.15 bits per heavy atom. The van der Waals surface area contributed by atoms with E-state index in [0.717, 1.165) is 10.6 Å². The van der Waals surface area contributed by atoms with Gasteiger partial charge in [-0.15, -0.1) is 11.3 Å². The van der Waals surface area contributed by atoms with Gasteiger partial charge in [-0.1, -0.05) is 12.1 Å². The summed E-state index contributed by atoms with van der Waals surface area (Å²) in [5, 5.41) is 7.04. The Labute approximate surface area is 157 Å². The molecule has 0 aliphatic rings. The van der Waals surface area contributed by atoms with E-state index in [2.05, 4.69) is 29.0 Å². The minimum Gasteiger partial charge on any atom is -0.495 e. The number of amides is 2. The highest BCUT2D eigenvalue weighted by Crippen LogP contribution is 2.35. The smallest absolute Gasteiger partial charge is 0.319 e. The lowest BCUT2D eigenvalue weighted by Crippen LogP contribution is -2.31. The molecule has 5 nitrogen and oxygen atoms in total. The molecule has 1 atom stereocenters. The topological polar surface area (TPSA) is 55.3 Å². The molecule has 2 N–H and O–H groups in total. The van der Waals surface area contributed by atoms with E-state index < -0.39 is 0 Å². The first kappa shape index (κ1) is 18.1. The Morgan fingerprint density at radius 2 is 1.85 bits per heavy atom. The van der Waals surface area contributed by atoms with Crippen LogP contribution in [0.5, 0.6) is 5.75 Å². The standard InChI is InChI=1S/C20H23N3O2S/c1-13-15(3)26-19(23-11-7-8-12-23)18(13)14(2)21-20(24)22-16-9-5-6-10-17(16)25-4/h5-12,14H,1-4H3,(H2,21,22,24)/t14-/m0/s1. The summed E-state index contributed by atoms with van der Waals surface area (Å²) in [5.74, 6) is 0.630. The molecule has 3 aromatic rings. The van der Waals surface area contributed by atoms with Gasteiger partial charge in [0.15, 0.2) is 0 Å². The van der Waals surface area contributed by atoms with Crippen LogP contribution in [0.1, 0.15) is 29.0 Å². The maximum atomic E-state index is 12.5. The molecule has 2 aromatic heterocycles. The maximum Gasteiger partial charge on any atom is 0.319 e. The quantitative estimate of drug-likeness (QED) is 0.661. The molecule has 0 saturated carbocycles. The lowest BCUT2D eigenvalue weighted by atomic mass is 10.1. The Morgan fingerprint density at radius 3 is 2.54 bits per heavy atom. The average Bonchev–Trinajstić information content (AvgIpc) is 3.24. The van der Waals surface area contributed by atoms with Gasteiger partial charge in [0.05, 0.1) is 18.8 Å². The second-order valence-electron chi connectivity index (χ2n) is 6.11. The van der Waals surface area contributed by atoms with E-state index in [1.807, 2.05) is 55.7 Å². The van der Waals surface area contributed by atoms with E-state index in [-0.39, 0.29) is 12.1 Å². The minimum absolute atomic E-state index is 0.132. The van der Waals surface area contributed by atoms with Gasteiger partial charge in [-0.25, -0.2) is 4.79 Å². The van der Waals surface area contributed by atoms with Crippen molar-refractivity contribution in [3.8, 4) is 10.8 Å². The van der Waals surface area contributed by atoms with Crippen molar-refractivity contribution in [2.45, 2.75) is 26.8 Å². The SMILES string of the molecule is COc1ccccc1NC(=O)N[C@@H](C)c1c(-n2cccc2)sc(C)c1C. The van der Waals surface area contributed by atoms with Crippen LogP contribution in [0, 0.1) is 13.8 Å². The number of nitrogens with zero attached hydrogens (tertiary/aromatic N) is 1. The maximum absolute atomic E-state index is 12.5. The molecule has 0 fully saturated rings. The third-order valence-electron chi connectivity index (χ3n) is 4.39. The highest BCUT2D eigenvalue weighted by molar-refractivity contribution is 7.14. The van der Waals surface area contributed by atoms with E-state index in [1.54, 1.807) is 18.4 Å². The fraction of sp³-hybridized carbons (Fsp3) is 0.250. The molecule has 6 heteroatoms. The number of anilines is 1. The van der Waals surface area contributed by atoms with Crippen molar-refractivity contribution in [1.29, 1.82) is 0 Å². The third-order valence-corrected chi connectivity index (χ3v) is 5.62. The number of aromatic nitrogens is 1. The molecule has 0 aliphatic heterocycles. The Kier molecular flexibility index (Phi) is 5.32. The molecule has 3 rings (SSSR count). The monoisotopic (exact) mass is 369 g/mol. The molecular formula is C20H23N3O2S. The van der Waals surface area contributed by atoms with Gasteiger partial charge in [0.1, 0.15) is 10.8 Å². The highest BCUT2D eigenvalue weighted by Gasteiger charge is 2.21. The molecule has 26 heavy (non-hydrogen) atoms. The van der Waals surface area contributed by atoms with Crippen LogP contribution in [-0.2, 0) is 0 Å². The van der Waals surface area contributed by atoms with E-state index in [0.29, 0.717) is 11.4 Å². The average molecular weight is 369 g/mol. The van der Waals surface area contributed by atoms with Crippen LogP contribution in [0.15, 0.2) is 48.8 Å². The van der Waals surface area contributed by atoms with Gasteiger partial charge in [-0.2, -0.15) is 0 Å². The first-order valence-electron chi connectivity index (χ1n) is 8.45. The number of methoxy groups -OCH3 is 1. The number of hydrogen-bond acceptors (Lipinski definition) is 3. The van der Waals surface area contributed by atoms with Crippen LogP contribution < -0.4 is 15.4 Å². The number of carbonyl (C=O) groups excluding carboxylic acids is 1. The summed E-state index contributed by atoms with van der Waals surface area (Å²) in [6.07, 6.45) is 4.05. The molecule has 2 heterocycles. The van der Waals surface area contributed by atoms with Crippen molar-refractivity contribution in [1.82, 2.24) is 9.88 Å². The Bertz CT molecular complexity index is 900. The number of benzene rings is 1. The van der Waals surface area contributed by atoms with E-state index in [9.17, 15) is 4.79 Å². The lowest BCUT2D eigenvalue weighted by molar-refractivity contribution is 0.249. The zero-order chi connectivity index (χ0) is 18.7. The van der Waals surface area contributed by atoms with E-state index in [4.69, 9.17) is 4.74 Å². The van der Waals surface area contributed by atoms with Crippen molar-refractivity contribution in [2.24, 2.45) is 0 Å². The molecule has 0 unspecified atom stereocenters. The molecule has 0 spiro atoms. The number of aryl methyl sites for hydroxylation is 1. The van der Waals surface area contributed by atoms with Crippen molar-refractivity contribution >= 4 is 23.1 Å². The van der Waals surface area contributed by atoms with E-state index in [1.165, 1.54) is 10.4 Å². The second-order valence-corrected chi connectivity index (χ2v) is 7.32. The zero-order valence-electron chi connectivity index (χ0n) is 15.4. The van der Waals surface area contributed by atoms with Crippen LogP contribution >= 0.6 is 11.3 Å². The number of thiophene rings is 1. The van der Waals surface area contributed by atoms with Crippen LogP contribution in [0.3, 0.4) is 0 Å². The van der Waals surface area contributed by atoms with Crippen molar-refractivity contribution in [3.05, 3.63) is 64.8 Å². The number of nitrogens with one attached hydrogen (secondary N) is 2. The number of urea groups is 1. The zero-order valence-corrected chi connectivity index (χ0v) is 16.2. The fourth-order valence-electron chi connectivity index (χ4n) is 2.97. The summed E-state index contributed by atoms with van der Waals surface area (Å²) in [7, 11) is 1.59. The summed E-state index contributed by atoms with van der Waals surface area (Å²) < 4.78 is 7.38. The molecule has 0 bridgehead atoms. The Hall–Kier alpha value is -2.73. The first-order valence-corrected chi connectivity index (χ1v) is 9.26. The number of carbonyl (C=O) groups is 1. The predicted molar refractivity (Wildman–Crippen MR) is 107 cm³/mol. The lowest BCUT2D eigenvalue weighted by Gasteiger charge is -2.18. The number of hydrogen-bond donors (Lipinski definition) is 2. The van der Waals surface area contributed by atoms with Crippen LogP contribution in [0.2, 0.25) is 0 Å². The largest absolute Gasteiger partial charge is 0.495 e. The van der Waals surface area contributed by atoms with Gasteiger partial charge >= 0.3 is 6.03 Å². The minimum atomic E-state index is -0.260. The van der Waals surface area contributed by atoms with Gasteiger partial charge in [0.2, 0.25) is 0 Å². The van der Waals surface area contributed by atoms with Crippen molar-refractivity contribution < 1.29 is 9.53 Å². The van der Waals surface area contributed by atoms with Crippen LogP contribution in [0.25, 0.3) is 5.00 Å². The second kappa shape index (κ2) is 7.66. The molecular weight excluding hydrogens is 346 g/mol. The third kappa shape index (κ3) is 3.60. The molecule has 0 saturated heterocycles. The summed E-state index contributed by atoms with van der Waals surface area (Å²) in [6, 6.07) is 11.0. The summed E-state index contributed by atoms with van der Waals surface area (Å²) >= 11 is 1.74. The summed E-state index contributed by atoms with van der Waals surface area (Å²) in [6.45, 7) is 6.21. The normalized spacial score (nSPS) is 11.8. The molecule has 0 aliphatic carbocycles. The van der Waals surface area contributed by atoms with Crippen molar-refractivity contribution in [2.75, 3.05) is 12.4 Å². The highest BCUT2D eigenvalue weighted by atomic mass is 32.1. The molecule has 1 aromatic carbocycles. The van der Waals surface area contributed by atoms with Gasteiger partial charge in [-0.3, -0.25) is 0 Å².